The first-order valence-corrected chi connectivity index (χ1v) is 14.6. The van der Waals surface area contributed by atoms with Gasteiger partial charge >= 0.3 is 5.97 Å². The van der Waals surface area contributed by atoms with Crippen molar-refractivity contribution in [1.29, 1.82) is 0 Å². The van der Waals surface area contributed by atoms with Gasteiger partial charge in [-0.3, -0.25) is 9.59 Å². The number of ether oxygens (including phenoxy) is 1. The molecule has 1 N–H and O–H groups in total. The second-order valence-electron chi connectivity index (χ2n) is 15.5. The van der Waals surface area contributed by atoms with Crippen LogP contribution in [0.15, 0.2) is 23.4 Å². The van der Waals surface area contributed by atoms with Crippen LogP contribution < -0.4 is 0 Å². The normalized spacial score (nSPS) is 44.9. The molecule has 0 heterocycles. The number of carbonyl (C=O) groups excluding carboxylic acids is 3. The lowest BCUT2D eigenvalue weighted by Gasteiger charge is -2.71. The number of esters is 1. The minimum absolute atomic E-state index is 0.0369. The highest BCUT2D eigenvalue weighted by atomic mass is 16.5. The molecule has 3 fully saturated rings. The summed E-state index contributed by atoms with van der Waals surface area (Å²) in [6.07, 6.45) is 8.96. The Morgan fingerprint density at radius 1 is 1.07 bits per heavy atom. The van der Waals surface area contributed by atoms with Gasteiger partial charge in [-0.25, -0.2) is 4.85 Å². The Labute approximate surface area is 242 Å². The lowest BCUT2D eigenvalue weighted by molar-refractivity contribution is -0.252. The summed E-state index contributed by atoms with van der Waals surface area (Å²) < 4.78 is 11.4. The molecule has 40 heavy (non-hydrogen) atoms. The lowest BCUT2D eigenvalue weighted by Crippen LogP contribution is -2.74. The van der Waals surface area contributed by atoms with Gasteiger partial charge < -0.3 is 14.6 Å². The number of hydrogen-bond acceptors (Lipinski definition) is 5. The van der Waals surface area contributed by atoms with Crippen LogP contribution in [0.25, 0.3) is 4.85 Å². The first kappa shape index (κ1) is 29.2. The van der Waals surface area contributed by atoms with Gasteiger partial charge in [0.2, 0.25) is 5.70 Å². The van der Waals surface area contributed by atoms with Crippen LogP contribution in [0.3, 0.4) is 0 Å². The van der Waals surface area contributed by atoms with Gasteiger partial charge in [0.25, 0.3) is 0 Å². The van der Waals surface area contributed by atoms with Gasteiger partial charge in [-0.1, -0.05) is 67.5 Å². The van der Waals surface area contributed by atoms with E-state index in [0.717, 1.165) is 37.7 Å². The number of aliphatic hydroxyl groups is 1. The molecule has 5 aliphatic carbocycles. The minimum Gasteiger partial charge on any atom is -0.465 e. The highest BCUT2D eigenvalue weighted by Crippen LogP contribution is 2.75. The maximum absolute atomic E-state index is 14.5. The first-order chi connectivity index (χ1) is 18.8. The quantitative estimate of drug-likeness (QED) is 0.298. The van der Waals surface area contributed by atoms with Gasteiger partial charge in [0.05, 0.1) is 13.2 Å². The predicted molar refractivity (Wildman–Crippen MR) is 155 cm³/mol. The molecule has 3 saturated carbocycles. The molecule has 5 rings (SSSR count). The van der Waals surface area contributed by atoms with E-state index in [4.69, 9.17) is 12.7 Å². The largest absolute Gasteiger partial charge is 0.465 e. The third kappa shape index (κ3) is 3.58. The SMILES string of the molecule is [3H]C.[C-]#[N+]C1=C[C@]2(C)C3=CC(=O)[C@]4(O)[C@@H]5CC(C)(C)CC[C@]5(COC(C)=O)CC[C@@]4(C)[C@]3(C)CC[C@H]2C(C)(C)C1=O. The van der Waals surface area contributed by atoms with Crippen LogP contribution in [0.5, 0.6) is 0 Å². The van der Waals surface area contributed by atoms with Crippen LogP contribution in [-0.2, 0) is 19.1 Å². The molecule has 0 aromatic heterocycles. The second kappa shape index (κ2) is 8.87. The van der Waals surface area contributed by atoms with Crippen molar-refractivity contribution in [2.75, 3.05) is 6.61 Å². The Hall–Kier alpha value is -2.26. The number of ketones is 2. The number of Topliss-reactive ketones (excluding diaryl/α,β-unsaturated/α-hetero) is 1. The number of nitrogens with zero attached hydrogens (tertiary/aromatic N) is 1. The Bertz CT molecular complexity index is 1270. The topological polar surface area (TPSA) is 85.0 Å². The summed E-state index contributed by atoms with van der Waals surface area (Å²) in [7, 11) is 1.25. The van der Waals surface area contributed by atoms with E-state index in [1.165, 1.54) is 14.3 Å². The Kier molecular flexibility index (Phi) is 6.48. The van der Waals surface area contributed by atoms with Crippen molar-refractivity contribution in [1.82, 2.24) is 0 Å². The van der Waals surface area contributed by atoms with Crippen molar-refractivity contribution in [3.05, 3.63) is 34.8 Å². The summed E-state index contributed by atoms with van der Waals surface area (Å²) in [5.41, 5.74) is -3.57. The molecule has 0 spiro atoms. The lowest BCUT2D eigenvalue weighted by atomic mass is 9.33. The van der Waals surface area contributed by atoms with Crippen molar-refractivity contribution < 1.29 is 25.6 Å². The molecule has 6 nitrogen and oxygen atoms in total. The van der Waals surface area contributed by atoms with Gasteiger partial charge in [-0.2, -0.15) is 0 Å². The zero-order valence-electron chi connectivity index (χ0n) is 27.0. The molecule has 0 radical (unpaired) electrons. The minimum atomic E-state index is -1.60. The summed E-state index contributed by atoms with van der Waals surface area (Å²) in [5.74, 6) is -1.09. The molecule has 0 aromatic carbocycles. The molecule has 0 bridgehead atoms. The zero-order valence-corrected chi connectivity index (χ0v) is 26.0. The van der Waals surface area contributed by atoms with E-state index < -0.39 is 32.7 Å². The maximum atomic E-state index is 14.5. The zero-order chi connectivity index (χ0) is 31.0. The molecule has 5 aliphatic rings. The first-order valence-electron chi connectivity index (χ1n) is 15.6. The van der Waals surface area contributed by atoms with Crippen molar-refractivity contribution in [3.8, 4) is 0 Å². The molecule has 7 atom stereocenters. The fourth-order valence-corrected chi connectivity index (χ4v) is 10.2. The van der Waals surface area contributed by atoms with E-state index in [1.807, 2.05) is 19.9 Å². The number of hydrogen-bond donors (Lipinski definition) is 1. The molecular formula is C34H49NO5. The maximum Gasteiger partial charge on any atom is 0.302 e. The fourth-order valence-electron chi connectivity index (χ4n) is 10.2. The van der Waals surface area contributed by atoms with Crippen LogP contribution in [0, 0.1) is 50.9 Å². The van der Waals surface area contributed by atoms with Gasteiger partial charge in [-0.15, -0.1) is 0 Å². The number of rotatable bonds is 2. The van der Waals surface area contributed by atoms with E-state index in [2.05, 4.69) is 39.5 Å². The molecule has 0 saturated heterocycles. The van der Waals surface area contributed by atoms with Crippen LogP contribution in [0.1, 0.15) is 109 Å². The van der Waals surface area contributed by atoms with Crippen LogP contribution in [0.4, 0.5) is 0 Å². The second-order valence-corrected chi connectivity index (χ2v) is 15.5. The molecule has 0 aromatic rings. The van der Waals surface area contributed by atoms with Crippen LogP contribution in [-0.4, -0.2) is 34.9 Å². The van der Waals surface area contributed by atoms with E-state index in [1.54, 1.807) is 6.08 Å². The van der Waals surface area contributed by atoms with Crippen molar-refractivity contribution in [2.45, 2.75) is 113 Å². The highest BCUT2D eigenvalue weighted by molar-refractivity contribution is 6.04. The van der Waals surface area contributed by atoms with Gasteiger partial charge in [0.1, 0.15) is 5.60 Å². The summed E-state index contributed by atoms with van der Waals surface area (Å²) in [4.78, 5) is 43.3. The molecule has 0 aliphatic heterocycles. The smallest absolute Gasteiger partial charge is 0.302 e. The van der Waals surface area contributed by atoms with Gasteiger partial charge in [-0.05, 0) is 67.8 Å². The van der Waals surface area contributed by atoms with Crippen molar-refractivity contribution in [3.63, 3.8) is 0 Å². The predicted octanol–water partition coefficient (Wildman–Crippen LogP) is 6.87. The fraction of sp³-hybridized carbons (Fsp3) is 0.765. The Balaban J connectivity index is 0.00000189. The monoisotopic (exact) mass is 553 g/mol. The molecule has 0 amide bonds. The average molecular weight is 554 g/mol. The van der Waals surface area contributed by atoms with Crippen molar-refractivity contribution >= 4 is 17.5 Å². The number of allylic oxidation sites excluding steroid dienone is 3. The summed E-state index contributed by atoms with van der Waals surface area (Å²) in [6, 6.07) is 0. The average Bonchev–Trinajstić information content (AvgIpc) is 2.90. The van der Waals surface area contributed by atoms with E-state index in [9.17, 15) is 19.5 Å². The molecule has 0 unspecified atom stereocenters. The van der Waals surface area contributed by atoms with E-state index in [-0.39, 0.29) is 47.1 Å². The summed E-state index contributed by atoms with van der Waals surface area (Å²) in [6.45, 7) is 24.1. The summed E-state index contributed by atoms with van der Waals surface area (Å²) >= 11 is 0. The standard InChI is InChI=1S/C33H45NO5.CH4/c1-20(35)39-19-32-14-12-27(2,3)18-24(32)33(38)25(36)16-23-29(6)17-21(34-9)26(37)28(4,5)22(29)10-11-30(23,7)31(33,8)13-15-32;/h16-17,22,24,38H,10-15,18-19H2,1-8H3;1H4/t22-,24+,29-,30+,31-,32+,33+;/m0./s1/i;1T. The third-order valence-electron chi connectivity index (χ3n) is 12.8. The molecular weight excluding hydrogens is 502 g/mol. The van der Waals surface area contributed by atoms with E-state index in [0.29, 0.717) is 12.8 Å². The van der Waals surface area contributed by atoms with E-state index >= 15 is 0 Å². The summed E-state index contributed by atoms with van der Waals surface area (Å²) in [5, 5.41) is 13.0. The molecule has 220 valence electrons. The van der Waals surface area contributed by atoms with Gasteiger partial charge in [0.15, 0.2) is 11.6 Å². The highest BCUT2D eigenvalue weighted by Gasteiger charge is 2.75. The van der Waals surface area contributed by atoms with Crippen LogP contribution in [0.2, 0.25) is 0 Å². The molecule has 6 heteroatoms. The number of fused-ring (bicyclic) bond motifs is 7. The Morgan fingerprint density at radius 3 is 2.30 bits per heavy atom. The third-order valence-corrected chi connectivity index (χ3v) is 12.8. The van der Waals surface area contributed by atoms with Crippen molar-refractivity contribution in [2.24, 2.45) is 44.3 Å². The number of carbonyl (C=O) groups is 3. The Morgan fingerprint density at radius 2 is 1.70 bits per heavy atom. The van der Waals surface area contributed by atoms with Gasteiger partial charge in [0, 0.05) is 35.9 Å². The van der Waals surface area contributed by atoms with Crippen LogP contribution >= 0.6 is 0 Å².